The van der Waals surface area contributed by atoms with Gasteiger partial charge in [0.2, 0.25) is 5.88 Å². The number of halogens is 1. The Balaban J connectivity index is 1.000. The third-order valence-electron chi connectivity index (χ3n) is 10.1. The van der Waals surface area contributed by atoms with E-state index in [1.807, 2.05) is 18.2 Å². The summed E-state index contributed by atoms with van der Waals surface area (Å²) in [7, 11) is 0. The van der Waals surface area contributed by atoms with Gasteiger partial charge in [-0.3, -0.25) is 4.90 Å². The summed E-state index contributed by atoms with van der Waals surface area (Å²) in [5.74, 6) is 0.798. The first-order valence-electron chi connectivity index (χ1n) is 15.0. The molecule has 2 aromatic carbocycles. The van der Waals surface area contributed by atoms with Crippen LogP contribution in [0, 0.1) is 22.6 Å². The highest BCUT2D eigenvalue weighted by atomic mass is 19.1. The number of likely N-dealkylation sites (tertiary alicyclic amines) is 1. The van der Waals surface area contributed by atoms with Crippen LogP contribution in [0.2, 0.25) is 0 Å². The second-order valence-corrected chi connectivity index (χ2v) is 12.3. The highest BCUT2D eigenvalue weighted by Crippen LogP contribution is 2.61. The summed E-state index contributed by atoms with van der Waals surface area (Å²) in [6.07, 6.45) is 3.43. The van der Waals surface area contributed by atoms with Crippen LogP contribution in [0.5, 0.6) is 5.88 Å². The van der Waals surface area contributed by atoms with Crippen LogP contribution in [0.3, 0.4) is 0 Å². The van der Waals surface area contributed by atoms with E-state index in [1.54, 1.807) is 36.4 Å². The molecule has 1 aliphatic carbocycles. The summed E-state index contributed by atoms with van der Waals surface area (Å²) in [6.45, 7) is 3.91. The lowest BCUT2D eigenvalue weighted by atomic mass is 9.53. The summed E-state index contributed by atoms with van der Waals surface area (Å²) in [5.41, 5.74) is 2.78. The van der Waals surface area contributed by atoms with E-state index < -0.39 is 11.8 Å². The van der Waals surface area contributed by atoms with Crippen molar-refractivity contribution in [3.8, 4) is 11.9 Å². The average Bonchev–Trinajstić information content (AvgIpc) is 3.56. The van der Waals surface area contributed by atoms with Gasteiger partial charge in [0, 0.05) is 48.8 Å². The predicted octanol–water partition coefficient (Wildman–Crippen LogP) is 4.36. The number of anilines is 1. The molecular weight excluding hydrogens is 563 g/mol. The first kappa shape index (κ1) is 27.0. The number of ether oxygens (including phenoxy) is 2. The van der Waals surface area contributed by atoms with Crippen LogP contribution in [0.1, 0.15) is 46.6 Å². The summed E-state index contributed by atoms with van der Waals surface area (Å²) < 4.78 is 28.1. The summed E-state index contributed by atoms with van der Waals surface area (Å²) >= 11 is 0. The van der Waals surface area contributed by atoms with Crippen molar-refractivity contribution < 1.29 is 23.8 Å². The molecular formula is C33H31FN6O4. The van der Waals surface area contributed by atoms with Crippen molar-refractivity contribution in [3.63, 3.8) is 0 Å². The lowest BCUT2D eigenvalue weighted by Gasteiger charge is -2.67. The topological polar surface area (TPSA) is 117 Å². The van der Waals surface area contributed by atoms with Gasteiger partial charge in [-0.25, -0.2) is 14.2 Å². The number of fused-ring (bicyclic) bond motifs is 1. The molecule has 3 unspecified atom stereocenters. The molecule has 4 aliphatic rings. The van der Waals surface area contributed by atoms with Crippen LogP contribution in [0.15, 0.2) is 54.6 Å². The Kier molecular flexibility index (Phi) is 6.32. The van der Waals surface area contributed by atoms with Gasteiger partial charge in [0.1, 0.15) is 24.1 Å². The number of benzene rings is 2. The molecule has 1 spiro atoms. The fourth-order valence-electron chi connectivity index (χ4n) is 7.57. The van der Waals surface area contributed by atoms with E-state index in [0.29, 0.717) is 36.6 Å². The van der Waals surface area contributed by atoms with Crippen LogP contribution >= 0.6 is 0 Å². The number of pyridine rings is 1. The number of rotatable bonds is 9. The maximum atomic E-state index is 14.4. The highest BCUT2D eigenvalue weighted by molar-refractivity contribution is 5.92. The normalized spacial score (nSPS) is 25.4. The Morgan fingerprint density at radius 2 is 2.05 bits per heavy atom. The first-order chi connectivity index (χ1) is 21.4. The highest BCUT2D eigenvalue weighted by Gasteiger charge is 2.69. The zero-order valence-electron chi connectivity index (χ0n) is 24.0. The number of hydrogen-bond acceptors (Lipinski definition) is 8. The number of carboxylic acids is 1. The molecule has 4 fully saturated rings. The summed E-state index contributed by atoms with van der Waals surface area (Å²) in [6, 6.07) is 18.0. The Labute approximate surface area is 253 Å². The van der Waals surface area contributed by atoms with E-state index in [0.717, 1.165) is 55.2 Å². The Bertz CT molecular complexity index is 1830. The minimum absolute atomic E-state index is 0.0251. The van der Waals surface area contributed by atoms with Gasteiger partial charge in [-0.15, -0.1) is 0 Å². The number of carbonyl (C=O) groups is 1. The Hall–Kier alpha value is -4.53. The van der Waals surface area contributed by atoms with Gasteiger partial charge in [-0.05, 0) is 55.7 Å². The van der Waals surface area contributed by atoms with Crippen molar-refractivity contribution in [2.24, 2.45) is 5.41 Å². The molecule has 10 nitrogen and oxygen atoms in total. The predicted molar refractivity (Wildman–Crippen MR) is 158 cm³/mol. The maximum absolute atomic E-state index is 14.4. The monoisotopic (exact) mass is 594 g/mol. The van der Waals surface area contributed by atoms with Crippen LogP contribution in [-0.4, -0.2) is 68.4 Å². The SMILES string of the molecule is N#Cc1ccc(COc2cccc(N3CC4N(Cc5nc6ccc(C(=O)O)cc6n5C[C@@H]5CCO5)C5CCC54C3)n2)c(F)c1. The van der Waals surface area contributed by atoms with Gasteiger partial charge in [-0.1, -0.05) is 12.1 Å². The molecule has 4 aromatic rings. The van der Waals surface area contributed by atoms with Gasteiger partial charge < -0.3 is 24.0 Å². The number of imidazole rings is 1. The number of aromatic carboxylic acids is 1. The molecule has 2 aromatic heterocycles. The van der Waals surface area contributed by atoms with Gasteiger partial charge >= 0.3 is 5.97 Å². The minimum atomic E-state index is -0.946. The molecule has 5 heterocycles. The van der Waals surface area contributed by atoms with Crippen molar-refractivity contribution in [2.75, 3.05) is 24.6 Å². The van der Waals surface area contributed by atoms with Gasteiger partial charge in [0.25, 0.3) is 0 Å². The standard InChI is InChI=1S/C33H31FN6O4/c34-24-12-20(14-35)4-5-22(24)18-44-31-3-1-2-29(37-31)38-16-28-33(19-38)10-8-27(33)40(28)17-30-36-25-7-6-21(32(41)42)13-26(25)39(30)15-23-9-11-43-23/h1-7,12-13,23,27-28H,8-11,15-19H2,(H,41,42)/t23-,27?,28?,33?/m0/s1. The van der Waals surface area contributed by atoms with Gasteiger partial charge in [0.05, 0.1) is 47.4 Å². The van der Waals surface area contributed by atoms with Crippen LogP contribution in [0.25, 0.3) is 11.0 Å². The van der Waals surface area contributed by atoms with Crippen molar-refractivity contribution in [1.29, 1.82) is 5.26 Å². The summed E-state index contributed by atoms with van der Waals surface area (Å²) in [4.78, 5) is 26.3. The first-order valence-corrected chi connectivity index (χ1v) is 15.0. The Morgan fingerprint density at radius 3 is 2.77 bits per heavy atom. The lowest BCUT2D eigenvalue weighted by molar-refractivity contribution is -0.182. The second kappa shape index (κ2) is 10.3. The van der Waals surface area contributed by atoms with E-state index >= 15 is 0 Å². The fraction of sp³-hybridized carbons (Fsp3) is 0.394. The van der Waals surface area contributed by atoms with Crippen LogP contribution < -0.4 is 9.64 Å². The molecule has 44 heavy (non-hydrogen) atoms. The number of piperidine rings is 1. The number of aromatic nitrogens is 3. The molecule has 0 bridgehead atoms. The average molecular weight is 595 g/mol. The fourth-order valence-corrected chi connectivity index (χ4v) is 7.57. The summed E-state index contributed by atoms with van der Waals surface area (Å²) in [5, 5.41) is 18.6. The molecule has 1 N–H and O–H groups in total. The zero-order chi connectivity index (χ0) is 30.0. The molecule has 11 heteroatoms. The number of carboxylic acid groups (broad SMARTS) is 1. The smallest absolute Gasteiger partial charge is 0.335 e. The molecule has 1 saturated carbocycles. The molecule has 8 rings (SSSR count). The van der Waals surface area contributed by atoms with Crippen molar-refractivity contribution in [1.82, 2.24) is 19.4 Å². The molecule has 4 atom stereocenters. The number of nitriles is 1. The minimum Gasteiger partial charge on any atom is -0.478 e. The van der Waals surface area contributed by atoms with E-state index in [4.69, 9.17) is 24.7 Å². The second-order valence-electron chi connectivity index (χ2n) is 12.3. The number of hydrogen-bond donors (Lipinski definition) is 1. The van der Waals surface area contributed by atoms with Crippen molar-refractivity contribution in [2.45, 2.75) is 57.1 Å². The van der Waals surface area contributed by atoms with Crippen LogP contribution in [-0.2, 0) is 24.4 Å². The van der Waals surface area contributed by atoms with Gasteiger partial charge in [0.15, 0.2) is 0 Å². The van der Waals surface area contributed by atoms with E-state index in [1.165, 1.54) is 12.5 Å². The molecule has 224 valence electrons. The largest absolute Gasteiger partial charge is 0.478 e. The molecule has 3 saturated heterocycles. The maximum Gasteiger partial charge on any atom is 0.335 e. The van der Waals surface area contributed by atoms with E-state index in [-0.39, 0.29) is 29.3 Å². The molecule has 0 amide bonds. The Morgan fingerprint density at radius 1 is 1.16 bits per heavy atom. The van der Waals surface area contributed by atoms with E-state index in [2.05, 4.69) is 14.4 Å². The third-order valence-corrected chi connectivity index (χ3v) is 10.1. The third kappa shape index (κ3) is 4.31. The number of nitrogens with zero attached hydrogens (tertiary/aromatic N) is 6. The zero-order valence-corrected chi connectivity index (χ0v) is 24.0. The lowest BCUT2D eigenvalue weighted by Crippen LogP contribution is -2.76. The molecule has 3 aliphatic heterocycles. The van der Waals surface area contributed by atoms with E-state index in [9.17, 15) is 14.3 Å². The van der Waals surface area contributed by atoms with Gasteiger partial charge in [-0.2, -0.15) is 10.2 Å². The molecule has 0 radical (unpaired) electrons. The van der Waals surface area contributed by atoms with Crippen molar-refractivity contribution >= 4 is 22.8 Å². The van der Waals surface area contributed by atoms with Crippen LogP contribution in [0.4, 0.5) is 10.2 Å². The quantitative estimate of drug-likeness (QED) is 0.302. The van der Waals surface area contributed by atoms with Crippen molar-refractivity contribution in [3.05, 3.63) is 82.9 Å².